The number of anilines is 2. The van der Waals surface area contributed by atoms with E-state index in [-0.39, 0.29) is 41.5 Å². The van der Waals surface area contributed by atoms with E-state index in [1.807, 2.05) is 0 Å². The molecule has 0 unspecified atom stereocenters. The Kier molecular flexibility index (Phi) is 8.72. The zero-order valence-corrected chi connectivity index (χ0v) is 21.6. The first-order valence-electron chi connectivity index (χ1n) is 11.1. The second kappa shape index (κ2) is 11.7. The van der Waals surface area contributed by atoms with E-state index in [1.54, 1.807) is 13.0 Å². The maximum Gasteiger partial charge on any atom is 0.338 e. The van der Waals surface area contributed by atoms with Crippen molar-refractivity contribution in [1.82, 2.24) is 0 Å². The van der Waals surface area contributed by atoms with Gasteiger partial charge in [0, 0.05) is 17.3 Å². The van der Waals surface area contributed by atoms with Gasteiger partial charge in [-0.1, -0.05) is 18.2 Å². The van der Waals surface area contributed by atoms with Crippen LogP contribution in [0.5, 0.6) is 11.5 Å². The predicted molar refractivity (Wildman–Crippen MR) is 137 cm³/mol. The maximum absolute atomic E-state index is 14.4. The van der Waals surface area contributed by atoms with Crippen molar-refractivity contribution in [3.05, 3.63) is 83.2 Å². The third-order valence-corrected chi connectivity index (χ3v) is 6.47. The fourth-order valence-corrected chi connectivity index (χ4v) is 4.40. The first-order valence-corrected chi connectivity index (χ1v) is 13.0. The molecular formula is C26H27FN2O7S. The third kappa shape index (κ3) is 6.56. The van der Waals surface area contributed by atoms with Crippen LogP contribution in [0.1, 0.15) is 33.2 Å². The first kappa shape index (κ1) is 27.5. The van der Waals surface area contributed by atoms with Gasteiger partial charge < -0.3 is 19.5 Å². The van der Waals surface area contributed by atoms with Gasteiger partial charge in [-0.2, -0.15) is 0 Å². The first-order chi connectivity index (χ1) is 17.6. The molecule has 0 aliphatic heterocycles. The minimum absolute atomic E-state index is 0.0379. The average Bonchev–Trinajstić information content (AvgIpc) is 2.87. The van der Waals surface area contributed by atoms with E-state index in [4.69, 9.17) is 14.2 Å². The van der Waals surface area contributed by atoms with Crippen molar-refractivity contribution >= 4 is 33.3 Å². The van der Waals surface area contributed by atoms with E-state index in [1.165, 1.54) is 68.8 Å². The van der Waals surface area contributed by atoms with Crippen LogP contribution in [0.15, 0.2) is 60.7 Å². The predicted octanol–water partition coefficient (Wildman–Crippen LogP) is 4.24. The number of hydrogen-bond acceptors (Lipinski definition) is 7. The highest BCUT2D eigenvalue weighted by atomic mass is 32.2. The van der Waals surface area contributed by atoms with Crippen molar-refractivity contribution in [3.8, 4) is 11.5 Å². The minimum atomic E-state index is -3.99. The van der Waals surface area contributed by atoms with E-state index in [9.17, 15) is 22.4 Å². The Morgan fingerprint density at radius 1 is 0.973 bits per heavy atom. The monoisotopic (exact) mass is 530 g/mol. The molecule has 0 aliphatic rings. The summed E-state index contributed by atoms with van der Waals surface area (Å²) in [4.78, 5) is 25.3. The number of nitrogens with one attached hydrogen (secondary N) is 1. The normalized spacial score (nSPS) is 10.9. The number of methoxy groups -OCH3 is 2. The van der Waals surface area contributed by atoms with Crippen LogP contribution in [-0.4, -0.2) is 47.4 Å². The molecule has 3 rings (SSSR count). The third-order valence-electron chi connectivity index (χ3n) is 5.34. The number of sulfonamides is 1. The standard InChI is InChI=1S/C26H27FN2O7S/c1-5-36-26(31)17-10-12-19(13-11-17)28-25(30)20-14-23(34-2)24(35-3)15-22(20)29(37(4,32)33)16-18-8-6-7-9-21(18)27/h6-15H,5,16H2,1-4H3,(H,28,30). The van der Waals surface area contributed by atoms with Gasteiger partial charge >= 0.3 is 5.97 Å². The summed E-state index contributed by atoms with van der Waals surface area (Å²) in [5.41, 5.74) is 0.667. The lowest BCUT2D eigenvalue weighted by atomic mass is 10.1. The highest BCUT2D eigenvalue weighted by Gasteiger charge is 2.27. The SMILES string of the molecule is CCOC(=O)c1ccc(NC(=O)c2cc(OC)c(OC)cc2N(Cc2ccccc2F)S(C)(=O)=O)cc1. The van der Waals surface area contributed by atoms with Crippen molar-refractivity contribution in [2.24, 2.45) is 0 Å². The molecule has 0 aromatic heterocycles. The van der Waals surface area contributed by atoms with Crippen LogP contribution in [0.4, 0.5) is 15.8 Å². The van der Waals surface area contributed by atoms with Gasteiger partial charge in [0.05, 0.1) is 50.4 Å². The Morgan fingerprint density at radius 2 is 1.59 bits per heavy atom. The summed E-state index contributed by atoms with van der Waals surface area (Å²) in [5.74, 6) is -1.39. The summed E-state index contributed by atoms with van der Waals surface area (Å²) < 4.78 is 56.6. The van der Waals surface area contributed by atoms with Crippen LogP contribution in [0.2, 0.25) is 0 Å². The van der Waals surface area contributed by atoms with Gasteiger partial charge in [0.15, 0.2) is 11.5 Å². The molecule has 37 heavy (non-hydrogen) atoms. The highest BCUT2D eigenvalue weighted by Crippen LogP contribution is 2.37. The number of carbonyl (C=O) groups is 2. The highest BCUT2D eigenvalue weighted by molar-refractivity contribution is 7.92. The molecule has 1 amide bonds. The molecule has 9 nitrogen and oxygen atoms in total. The van der Waals surface area contributed by atoms with E-state index in [0.717, 1.165) is 10.6 Å². The Bertz CT molecular complexity index is 1390. The molecule has 196 valence electrons. The number of halogens is 1. The van der Waals surface area contributed by atoms with Crippen LogP contribution in [-0.2, 0) is 21.3 Å². The molecule has 3 aromatic rings. The molecule has 0 bridgehead atoms. The van der Waals surface area contributed by atoms with Crippen molar-refractivity contribution in [2.45, 2.75) is 13.5 Å². The fraction of sp³-hybridized carbons (Fsp3) is 0.231. The summed E-state index contributed by atoms with van der Waals surface area (Å²) in [6, 6.07) is 14.4. The smallest absolute Gasteiger partial charge is 0.338 e. The van der Waals surface area contributed by atoms with Crippen molar-refractivity contribution < 1.29 is 36.6 Å². The van der Waals surface area contributed by atoms with Crippen LogP contribution >= 0.6 is 0 Å². The van der Waals surface area contributed by atoms with Gasteiger partial charge in [0.2, 0.25) is 10.0 Å². The number of hydrogen-bond donors (Lipinski definition) is 1. The molecule has 0 spiro atoms. The number of esters is 1. The van der Waals surface area contributed by atoms with Crippen molar-refractivity contribution in [3.63, 3.8) is 0 Å². The quantitative estimate of drug-likeness (QED) is 0.390. The molecule has 0 atom stereocenters. The van der Waals surface area contributed by atoms with Crippen LogP contribution < -0.4 is 19.1 Å². The maximum atomic E-state index is 14.4. The molecule has 1 N–H and O–H groups in total. The number of nitrogens with zero attached hydrogens (tertiary/aromatic N) is 1. The summed E-state index contributed by atoms with van der Waals surface area (Å²) in [6.07, 6.45) is 0.959. The number of rotatable bonds is 10. The van der Waals surface area contributed by atoms with Gasteiger partial charge in [0.1, 0.15) is 5.82 Å². The number of ether oxygens (including phenoxy) is 3. The minimum Gasteiger partial charge on any atom is -0.493 e. The second-order valence-corrected chi connectivity index (χ2v) is 9.74. The Hall–Kier alpha value is -4.12. The molecule has 0 heterocycles. The van der Waals surface area contributed by atoms with Gasteiger partial charge in [-0.25, -0.2) is 17.6 Å². The molecular weight excluding hydrogens is 503 g/mol. The largest absolute Gasteiger partial charge is 0.493 e. The molecule has 0 saturated carbocycles. The Labute approximate surface area is 214 Å². The molecule has 11 heteroatoms. The summed E-state index contributed by atoms with van der Waals surface area (Å²) in [7, 11) is -1.24. The molecule has 0 saturated heterocycles. The number of amides is 1. The fourth-order valence-electron chi connectivity index (χ4n) is 3.52. The van der Waals surface area contributed by atoms with Crippen molar-refractivity contribution in [2.75, 3.05) is 36.7 Å². The van der Waals surface area contributed by atoms with E-state index in [2.05, 4.69) is 5.32 Å². The van der Waals surface area contributed by atoms with E-state index >= 15 is 0 Å². The van der Waals surface area contributed by atoms with Gasteiger partial charge in [-0.15, -0.1) is 0 Å². The average molecular weight is 531 g/mol. The molecule has 3 aromatic carbocycles. The lowest BCUT2D eigenvalue weighted by Gasteiger charge is -2.26. The second-order valence-electron chi connectivity index (χ2n) is 7.84. The van der Waals surface area contributed by atoms with Crippen LogP contribution in [0.3, 0.4) is 0 Å². The summed E-state index contributed by atoms with van der Waals surface area (Å²) in [5, 5.41) is 2.68. The Morgan fingerprint density at radius 3 is 2.16 bits per heavy atom. The van der Waals surface area contributed by atoms with Crippen molar-refractivity contribution in [1.29, 1.82) is 0 Å². The van der Waals surface area contributed by atoms with E-state index < -0.39 is 27.7 Å². The zero-order chi connectivity index (χ0) is 27.2. The topological polar surface area (TPSA) is 111 Å². The van der Waals surface area contributed by atoms with Gasteiger partial charge in [-0.05, 0) is 43.3 Å². The molecule has 0 aliphatic carbocycles. The number of carbonyl (C=O) groups excluding carboxylic acids is 2. The molecule has 0 fully saturated rings. The van der Waals surface area contributed by atoms with Gasteiger partial charge in [0.25, 0.3) is 5.91 Å². The Balaban J connectivity index is 2.06. The number of benzene rings is 3. The van der Waals surface area contributed by atoms with Gasteiger partial charge in [-0.3, -0.25) is 9.10 Å². The summed E-state index contributed by atoms with van der Waals surface area (Å²) >= 11 is 0. The lowest BCUT2D eigenvalue weighted by Crippen LogP contribution is -2.32. The molecule has 0 radical (unpaired) electrons. The zero-order valence-electron chi connectivity index (χ0n) is 20.8. The van der Waals surface area contributed by atoms with Crippen LogP contribution in [0, 0.1) is 5.82 Å². The lowest BCUT2D eigenvalue weighted by molar-refractivity contribution is 0.0526. The van der Waals surface area contributed by atoms with Crippen LogP contribution in [0.25, 0.3) is 0 Å². The van der Waals surface area contributed by atoms with E-state index in [0.29, 0.717) is 11.3 Å². The summed E-state index contributed by atoms with van der Waals surface area (Å²) in [6.45, 7) is 1.55.